The van der Waals surface area contributed by atoms with E-state index in [0.29, 0.717) is 6.42 Å². The van der Waals surface area contributed by atoms with E-state index in [1.165, 1.54) is 0 Å². The van der Waals surface area contributed by atoms with Gasteiger partial charge in [0.1, 0.15) is 6.61 Å². The second-order valence-corrected chi connectivity index (χ2v) is 6.04. The summed E-state index contributed by atoms with van der Waals surface area (Å²) in [7, 11) is 0. The van der Waals surface area contributed by atoms with Crippen molar-refractivity contribution in [1.29, 1.82) is 0 Å². The van der Waals surface area contributed by atoms with Crippen molar-refractivity contribution >= 4 is 17.9 Å². The highest BCUT2D eigenvalue weighted by Gasteiger charge is 2.31. The van der Waals surface area contributed by atoms with Crippen molar-refractivity contribution in [2.75, 3.05) is 5.75 Å². The third kappa shape index (κ3) is 7.59. The minimum Gasteiger partial charge on any atom is -0.445 e. The van der Waals surface area contributed by atoms with Gasteiger partial charge in [0.05, 0.1) is 0 Å². The molecule has 0 fully saturated rings. The maximum atomic E-state index is 12.3. The average Bonchev–Trinajstić information content (AvgIpc) is 2.48. The first-order valence-electron chi connectivity index (χ1n) is 6.99. The Morgan fingerprint density at radius 2 is 1.95 bits per heavy atom. The van der Waals surface area contributed by atoms with Crippen molar-refractivity contribution in [1.82, 2.24) is 5.32 Å². The van der Waals surface area contributed by atoms with Crippen LogP contribution in [0.15, 0.2) is 30.3 Å². The number of halogens is 3. The number of thioether (sulfide) groups is 1. The summed E-state index contributed by atoms with van der Waals surface area (Å²) in [4.78, 5) is 11.7. The second kappa shape index (κ2) is 8.92. The molecule has 0 aliphatic carbocycles. The minimum absolute atomic E-state index is 0.0703. The van der Waals surface area contributed by atoms with E-state index in [1.54, 1.807) is 19.1 Å². The van der Waals surface area contributed by atoms with E-state index in [0.717, 1.165) is 5.56 Å². The molecule has 7 heteroatoms. The van der Waals surface area contributed by atoms with Gasteiger partial charge in [0.25, 0.3) is 0 Å². The Bertz CT molecular complexity index is 454. The Morgan fingerprint density at radius 3 is 2.50 bits per heavy atom. The largest absolute Gasteiger partial charge is 0.445 e. The van der Waals surface area contributed by atoms with Crippen LogP contribution in [0.25, 0.3) is 0 Å². The Balaban J connectivity index is 2.48. The van der Waals surface area contributed by atoms with Gasteiger partial charge in [-0.05, 0) is 23.2 Å². The van der Waals surface area contributed by atoms with Crippen LogP contribution in [0.3, 0.4) is 0 Å². The molecule has 22 heavy (non-hydrogen) atoms. The number of carbonyl (C=O) groups excluding carboxylic acids is 1. The van der Waals surface area contributed by atoms with Gasteiger partial charge in [-0.2, -0.15) is 13.2 Å². The van der Waals surface area contributed by atoms with E-state index in [1.807, 2.05) is 25.1 Å². The number of nitrogens with one attached hydrogen (secondary N) is 1. The van der Waals surface area contributed by atoms with Gasteiger partial charge in [-0.25, -0.2) is 4.79 Å². The fourth-order valence-electron chi connectivity index (χ4n) is 1.73. The van der Waals surface area contributed by atoms with Gasteiger partial charge in [0.15, 0.2) is 0 Å². The topological polar surface area (TPSA) is 38.3 Å². The van der Waals surface area contributed by atoms with Crippen molar-refractivity contribution in [3.8, 4) is 0 Å². The highest BCUT2D eigenvalue weighted by atomic mass is 32.2. The average molecular weight is 335 g/mol. The number of rotatable bonds is 7. The molecule has 1 N–H and O–H groups in total. The SMILES string of the molecule is CCC(C)C(CSC(F)(F)F)NC(=O)OCc1ccccc1. The Morgan fingerprint density at radius 1 is 1.32 bits per heavy atom. The number of alkyl carbamates (subject to hydrolysis) is 1. The lowest BCUT2D eigenvalue weighted by Crippen LogP contribution is -2.41. The zero-order chi connectivity index (χ0) is 16.6. The molecule has 124 valence electrons. The Labute approximate surface area is 132 Å². The van der Waals surface area contributed by atoms with Crippen LogP contribution in [-0.2, 0) is 11.3 Å². The Kier molecular flexibility index (Phi) is 7.58. The van der Waals surface area contributed by atoms with Crippen molar-refractivity contribution in [2.24, 2.45) is 5.92 Å². The summed E-state index contributed by atoms with van der Waals surface area (Å²) in [6.07, 6.45) is -0.0286. The molecule has 0 radical (unpaired) electrons. The molecule has 3 nitrogen and oxygen atoms in total. The van der Waals surface area contributed by atoms with Crippen LogP contribution in [0.2, 0.25) is 0 Å². The highest BCUT2D eigenvalue weighted by molar-refractivity contribution is 8.00. The molecule has 1 aromatic rings. The molecule has 0 saturated heterocycles. The zero-order valence-corrected chi connectivity index (χ0v) is 13.3. The highest BCUT2D eigenvalue weighted by Crippen LogP contribution is 2.31. The monoisotopic (exact) mass is 335 g/mol. The van der Waals surface area contributed by atoms with Gasteiger partial charge in [0, 0.05) is 11.8 Å². The summed E-state index contributed by atoms with van der Waals surface area (Å²) in [5, 5.41) is 2.53. The van der Waals surface area contributed by atoms with E-state index in [2.05, 4.69) is 5.32 Å². The van der Waals surface area contributed by atoms with Crippen molar-refractivity contribution in [2.45, 2.75) is 38.4 Å². The summed E-state index contributed by atoms with van der Waals surface area (Å²) in [6.45, 7) is 3.76. The minimum atomic E-state index is -4.30. The maximum absolute atomic E-state index is 12.3. The molecule has 2 atom stereocenters. The molecule has 0 aliphatic heterocycles. The Hall–Kier alpha value is -1.37. The van der Waals surface area contributed by atoms with Crippen LogP contribution in [0.1, 0.15) is 25.8 Å². The smallest absolute Gasteiger partial charge is 0.441 e. The summed E-state index contributed by atoms with van der Waals surface area (Å²) < 4.78 is 42.0. The lowest BCUT2D eigenvalue weighted by atomic mass is 10.0. The molecule has 1 aromatic carbocycles. The second-order valence-electron chi connectivity index (χ2n) is 4.95. The predicted molar refractivity (Wildman–Crippen MR) is 81.5 cm³/mol. The first-order chi connectivity index (χ1) is 10.3. The van der Waals surface area contributed by atoms with Crippen LogP contribution in [0.5, 0.6) is 0 Å². The van der Waals surface area contributed by atoms with Crippen LogP contribution in [-0.4, -0.2) is 23.4 Å². The van der Waals surface area contributed by atoms with E-state index in [-0.39, 0.29) is 30.0 Å². The summed E-state index contributed by atoms with van der Waals surface area (Å²) in [5.74, 6) is -0.294. The van der Waals surface area contributed by atoms with Gasteiger partial charge < -0.3 is 10.1 Å². The number of ether oxygens (including phenoxy) is 1. The number of alkyl halides is 3. The fourth-order valence-corrected chi connectivity index (χ4v) is 2.51. The van der Waals surface area contributed by atoms with Crippen molar-refractivity contribution in [3.63, 3.8) is 0 Å². The van der Waals surface area contributed by atoms with Crippen molar-refractivity contribution in [3.05, 3.63) is 35.9 Å². The fraction of sp³-hybridized carbons (Fsp3) is 0.533. The number of carbonyl (C=O) groups is 1. The van der Waals surface area contributed by atoms with E-state index in [4.69, 9.17) is 4.74 Å². The summed E-state index contributed by atoms with van der Waals surface area (Å²) in [6, 6.07) is 8.51. The molecule has 0 heterocycles. The standard InChI is InChI=1S/C15H20F3NO2S/c1-3-11(2)13(10-22-15(16,17)18)19-14(20)21-9-12-7-5-4-6-8-12/h4-8,11,13H,3,9-10H2,1-2H3,(H,19,20). The predicted octanol–water partition coefficient (Wildman–Crippen LogP) is 4.58. The molecule has 0 aromatic heterocycles. The van der Waals surface area contributed by atoms with Gasteiger partial charge in [-0.3, -0.25) is 0 Å². The molecular weight excluding hydrogens is 315 g/mol. The molecule has 1 rings (SSSR count). The first-order valence-corrected chi connectivity index (χ1v) is 7.98. The zero-order valence-electron chi connectivity index (χ0n) is 12.5. The lowest BCUT2D eigenvalue weighted by Gasteiger charge is -2.24. The van der Waals surface area contributed by atoms with E-state index >= 15 is 0 Å². The number of amides is 1. The van der Waals surface area contributed by atoms with Crippen molar-refractivity contribution < 1.29 is 22.7 Å². The lowest BCUT2D eigenvalue weighted by molar-refractivity contribution is -0.0330. The van der Waals surface area contributed by atoms with Crippen LogP contribution in [0.4, 0.5) is 18.0 Å². The molecular formula is C15H20F3NO2S. The van der Waals surface area contributed by atoms with E-state index in [9.17, 15) is 18.0 Å². The third-order valence-corrected chi connectivity index (χ3v) is 4.13. The van der Waals surface area contributed by atoms with Gasteiger partial charge in [0.2, 0.25) is 0 Å². The molecule has 0 bridgehead atoms. The normalized spacial score (nSPS) is 14.2. The quantitative estimate of drug-likeness (QED) is 0.792. The van der Waals surface area contributed by atoms with Crippen LogP contribution in [0, 0.1) is 5.92 Å². The molecule has 0 aliphatic rings. The number of benzene rings is 1. The van der Waals surface area contributed by atoms with E-state index < -0.39 is 17.6 Å². The molecule has 0 spiro atoms. The molecule has 0 saturated carbocycles. The molecule has 2 unspecified atom stereocenters. The maximum Gasteiger partial charge on any atom is 0.441 e. The van der Waals surface area contributed by atoms with Gasteiger partial charge in [-0.1, -0.05) is 50.6 Å². The molecule has 1 amide bonds. The van der Waals surface area contributed by atoms with Gasteiger partial charge in [-0.15, -0.1) is 0 Å². The van der Waals surface area contributed by atoms with Crippen LogP contribution < -0.4 is 5.32 Å². The summed E-state index contributed by atoms with van der Waals surface area (Å²) in [5.41, 5.74) is -3.48. The number of hydrogen-bond acceptors (Lipinski definition) is 3. The van der Waals surface area contributed by atoms with Crippen LogP contribution >= 0.6 is 11.8 Å². The number of hydrogen-bond donors (Lipinski definition) is 1. The van der Waals surface area contributed by atoms with Gasteiger partial charge >= 0.3 is 11.6 Å². The summed E-state index contributed by atoms with van der Waals surface area (Å²) >= 11 is -0.128. The third-order valence-electron chi connectivity index (χ3n) is 3.27. The first kappa shape index (κ1) is 18.7.